The Morgan fingerprint density at radius 1 is 1.03 bits per heavy atom. The largest absolute Gasteiger partial charge is 0.481 e. The third-order valence-electron chi connectivity index (χ3n) is 11.6. The van der Waals surface area contributed by atoms with E-state index in [0.717, 1.165) is 50.6 Å². The molecule has 5 atom stereocenters. The van der Waals surface area contributed by atoms with Crippen LogP contribution in [-0.4, -0.2) is 118 Å². The molecular weight excluding hydrogens is 811 g/mol. The molecule has 1 aromatic carbocycles. The number of carboxylic acids is 1. The first-order valence-electron chi connectivity index (χ1n) is 22.7. The van der Waals surface area contributed by atoms with Crippen molar-refractivity contribution in [2.75, 3.05) is 44.7 Å². The van der Waals surface area contributed by atoms with Gasteiger partial charge in [0.25, 0.3) is 5.91 Å². The predicted molar refractivity (Wildman–Crippen MR) is 244 cm³/mol. The maximum Gasteiger partial charge on any atom is 0.309 e. The highest BCUT2D eigenvalue weighted by atomic mass is 32.1. The monoisotopic (exact) mass is 886 g/mol. The molecule has 15 nitrogen and oxygen atoms in total. The van der Waals surface area contributed by atoms with Crippen molar-refractivity contribution in [3.63, 3.8) is 0 Å². The number of aromatic nitrogens is 1. The fourth-order valence-electron chi connectivity index (χ4n) is 8.16. The molecule has 62 heavy (non-hydrogen) atoms. The van der Waals surface area contributed by atoms with Crippen LogP contribution in [0, 0.1) is 11.3 Å². The number of β-amino-alcohol motifs (C(OH)–C–C–N with tert-alkyl or cyclic N) is 1. The zero-order valence-electron chi connectivity index (χ0n) is 38.2. The van der Waals surface area contributed by atoms with Gasteiger partial charge in [-0.05, 0) is 89.5 Å². The third-order valence-corrected chi connectivity index (χ3v) is 12.6. The second-order valence-corrected chi connectivity index (χ2v) is 18.4. The topological polar surface area (TPSA) is 217 Å². The molecule has 348 valence electrons. The zero-order chi connectivity index (χ0) is 45.8. The number of hydrogen-bond donors (Lipinski definition) is 6. The third kappa shape index (κ3) is 16.3. The summed E-state index contributed by atoms with van der Waals surface area (Å²) in [5.74, 6) is -2.00. The first kappa shape index (κ1) is 52.4. The van der Waals surface area contributed by atoms with E-state index in [1.807, 2.05) is 35.8 Å². The van der Waals surface area contributed by atoms with E-state index >= 15 is 0 Å². The van der Waals surface area contributed by atoms with Crippen molar-refractivity contribution < 1.29 is 38.9 Å². The van der Waals surface area contributed by atoms with Gasteiger partial charge in [0.15, 0.2) is 0 Å². The van der Waals surface area contributed by atoms with E-state index in [4.69, 9.17) is 15.5 Å². The van der Waals surface area contributed by atoms with Crippen LogP contribution < -0.4 is 21.7 Å². The molecule has 1 saturated heterocycles. The Hall–Kier alpha value is -3.96. The quantitative estimate of drug-likeness (QED) is 0.0552. The summed E-state index contributed by atoms with van der Waals surface area (Å²) in [6.45, 7) is 15.4. The van der Waals surface area contributed by atoms with Gasteiger partial charge in [-0.15, -0.1) is 11.3 Å². The summed E-state index contributed by atoms with van der Waals surface area (Å²) < 4.78 is 6.34. The van der Waals surface area contributed by atoms with Gasteiger partial charge in [0.1, 0.15) is 22.8 Å². The lowest BCUT2D eigenvalue weighted by molar-refractivity contribution is -0.147. The van der Waals surface area contributed by atoms with Crippen LogP contribution in [0.1, 0.15) is 146 Å². The van der Waals surface area contributed by atoms with Gasteiger partial charge in [0.05, 0.1) is 24.6 Å². The second-order valence-electron chi connectivity index (χ2n) is 17.5. The number of nitrogens with zero attached hydrogens (tertiary/aromatic N) is 3. The number of nitrogens with one attached hydrogen (secondary N) is 3. The Morgan fingerprint density at radius 3 is 2.37 bits per heavy atom. The number of piperidine rings is 1. The highest BCUT2D eigenvalue weighted by Gasteiger charge is 2.37. The number of benzene rings is 1. The number of carbonyl (C=O) groups excluding carboxylic acids is 4. The summed E-state index contributed by atoms with van der Waals surface area (Å²) in [6.07, 6.45) is 8.05. The van der Waals surface area contributed by atoms with Crippen molar-refractivity contribution in [2.24, 2.45) is 17.1 Å². The first-order valence-corrected chi connectivity index (χ1v) is 23.6. The molecule has 0 unspecified atom stereocenters. The molecule has 0 saturated carbocycles. The Bertz CT molecular complexity index is 1700. The van der Waals surface area contributed by atoms with E-state index in [-0.39, 0.29) is 61.0 Å². The number of ether oxygens (including phenoxy) is 1. The van der Waals surface area contributed by atoms with Crippen LogP contribution in [0.3, 0.4) is 0 Å². The van der Waals surface area contributed by atoms with Gasteiger partial charge in [0, 0.05) is 49.3 Å². The fourth-order valence-corrected chi connectivity index (χ4v) is 9.02. The number of anilines is 1. The van der Waals surface area contributed by atoms with Crippen LogP contribution >= 0.6 is 11.3 Å². The number of nitrogens with two attached hydrogens (primary N) is 1. The number of carboxylic acid groups (broad SMARTS) is 1. The number of likely N-dealkylation sites (tertiary alicyclic amines) is 1. The number of aliphatic hydroxyl groups excluding tert-OH is 1. The summed E-state index contributed by atoms with van der Waals surface area (Å²) in [5.41, 5.74) is 5.89. The van der Waals surface area contributed by atoms with E-state index < -0.39 is 35.5 Å². The van der Waals surface area contributed by atoms with Crippen LogP contribution in [0.2, 0.25) is 0 Å². The van der Waals surface area contributed by atoms with Gasteiger partial charge in [0.2, 0.25) is 17.7 Å². The minimum atomic E-state index is -1.14. The standard InChI is InChI=1S/C46H75N7O8S/c1-8-11-12-14-23-53(44(58)35(16-9-2)50-42(57)37-17-13-15-22-52(37)24-25-54)38(31(4)5)27-39(61-10-3)43-51-36(30-62-43)41(56)49-34(28-46(6,7)45(59)60)26-32-18-20-33(21-19-32)48-40(55)29-47/h18-21,30-31,34-35,37-39,54H,8-17,22-29,47H2,1-7H3,(H,48,55)(H,49,56)(H,50,57)(H,59,60)/t34-,35-,37+,38+,39+/m0/s1. The molecule has 4 amide bonds. The fraction of sp³-hybridized carbons (Fsp3) is 0.696. The lowest BCUT2D eigenvalue weighted by Crippen LogP contribution is -2.57. The van der Waals surface area contributed by atoms with Crippen molar-refractivity contribution >= 4 is 46.6 Å². The number of rotatable bonds is 28. The van der Waals surface area contributed by atoms with E-state index in [2.05, 4.69) is 36.7 Å². The number of aliphatic hydroxyl groups is 1. The number of aliphatic carboxylic acids is 1. The Balaban J connectivity index is 1.88. The molecule has 0 spiro atoms. The Morgan fingerprint density at radius 2 is 1.76 bits per heavy atom. The molecular formula is C46H75N7O8S. The van der Waals surface area contributed by atoms with E-state index in [9.17, 15) is 34.2 Å². The van der Waals surface area contributed by atoms with Crippen molar-refractivity contribution in [2.45, 2.75) is 156 Å². The minimum Gasteiger partial charge on any atom is -0.481 e. The zero-order valence-corrected chi connectivity index (χ0v) is 39.1. The van der Waals surface area contributed by atoms with Gasteiger partial charge in [-0.2, -0.15) is 0 Å². The summed E-state index contributed by atoms with van der Waals surface area (Å²) in [5, 5.41) is 30.8. The Kier molecular flexibility index (Phi) is 22.5. The average Bonchev–Trinajstić information content (AvgIpc) is 3.74. The maximum absolute atomic E-state index is 14.8. The average molecular weight is 886 g/mol. The lowest BCUT2D eigenvalue weighted by Gasteiger charge is -2.39. The van der Waals surface area contributed by atoms with Crippen LogP contribution in [0.15, 0.2) is 29.6 Å². The molecule has 3 rings (SSSR count). The number of amides is 4. The molecule has 1 fully saturated rings. The normalized spacial score (nSPS) is 16.6. The number of carbonyl (C=O) groups is 5. The summed E-state index contributed by atoms with van der Waals surface area (Å²) in [6, 6.07) is 5.19. The predicted octanol–water partition coefficient (Wildman–Crippen LogP) is 5.92. The molecule has 1 aromatic heterocycles. The molecule has 1 aliphatic heterocycles. The van der Waals surface area contributed by atoms with Gasteiger partial charge < -0.3 is 41.5 Å². The minimum absolute atomic E-state index is 0.0246. The molecule has 0 radical (unpaired) electrons. The van der Waals surface area contributed by atoms with E-state index in [1.165, 1.54) is 11.3 Å². The van der Waals surface area contributed by atoms with Crippen LogP contribution in [0.25, 0.3) is 0 Å². The number of hydrogen-bond acceptors (Lipinski definition) is 11. The SMILES string of the molecule is CCCCCCN(C(=O)[C@H](CCC)NC(=O)[C@H]1CCCCN1CCO)[C@H](C[C@@H](OCC)c1nc(C(=O)N[C@@H](Cc2ccc(NC(=O)CN)cc2)CC(C)(C)C(=O)O)cs1)C(C)C. The van der Waals surface area contributed by atoms with Gasteiger partial charge in [-0.1, -0.05) is 71.9 Å². The summed E-state index contributed by atoms with van der Waals surface area (Å²) in [4.78, 5) is 75.1. The number of thiazole rings is 1. The highest BCUT2D eigenvalue weighted by molar-refractivity contribution is 7.09. The van der Waals surface area contributed by atoms with E-state index in [1.54, 1.807) is 31.4 Å². The first-order chi connectivity index (χ1) is 29.6. The lowest BCUT2D eigenvalue weighted by atomic mass is 9.84. The van der Waals surface area contributed by atoms with Crippen molar-refractivity contribution in [3.8, 4) is 0 Å². The van der Waals surface area contributed by atoms with E-state index in [0.29, 0.717) is 62.5 Å². The van der Waals surface area contributed by atoms with Crippen molar-refractivity contribution in [1.82, 2.24) is 25.4 Å². The van der Waals surface area contributed by atoms with Gasteiger partial charge in [-0.25, -0.2) is 4.98 Å². The van der Waals surface area contributed by atoms with Crippen LogP contribution in [0.5, 0.6) is 0 Å². The molecule has 1 aliphatic rings. The van der Waals surface area contributed by atoms with Crippen molar-refractivity contribution in [1.29, 1.82) is 0 Å². The Labute approximate surface area is 373 Å². The second kappa shape index (κ2) is 26.6. The summed E-state index contributed by atoms with van der Waals surface area (Å²) >= 11 is 1.31. The number of unbranched alkanes of at least 4 members (excludes halogenated alkanes) is 3. The maximum atomic E-state index is 14.8. The van der Waals surface area contributed by atoms with Gasteiger partial charge in [-0.3, -0.25) is 28.9 Å². The molecule has 0 aliphatic carbocycles. The molecule has 2 aromatic rings. The van der Waals surface area contributed by atoms with Gasteiger partial charge >= 0.3 is 5.97 Å². The highest BCUT2D eigenvalue weighted by Crippen LogP contribution is 2.32. The van der Waals surface area contributed by atoms with Crippen LogP contribution in [0.4, 0.5) is 5.69 Å². The molecule has 7 N–H and O–H groups in total. The molecule has 2 heterocycles. The van der Waals surface area contributed by atoms with Crippen molar-refractivity contribution in [3.05, 3.63) is 45.9 Å². The summed E-state index contributed by atoms with van der Waals surface area (Å²) in [7, 11) is 0. The molecule has 16 heteroatoms. The van der Waals surface area contributed by atoms with Crippen LogP contribution in [-0.2, 0) is 30.3 Å². The molecule has 0 bridgehead atoms. The smallest absolute Gasteiger partial charge is 0.309 e.